The van der Waals surface area contributed by atoms with Crippen molar-refractivity contribution in [3.63, 3.8) is 0 Å². The lowest BCUT2D eigenvalue weighted by Crippen LogP contribution is -2.20. The minimum absolute atomic E-state index is 0.0835. The van der Waals surface area contributed by atoms with Crippen molar-refractivity contribution >= 4 is 27.3 Å². The molecule has 0 radical (unpaired) electrons. The zero-order valence-corrected chi connectivity index (χ0v) is 17.5. The molecule has 0 saturated carbocycles. The van der Waals surface area contributed by atoms with Crippen LogP contribution in [0.15, 0.2) is 33.5 Å². The first-order chi connectivity index (χ1) is 15.0. The van der Waals surface area contributed by atoms with Gasteiger partial charge in [-0.15, -0.1) is 21.5 Å². The molecule has 0 spiro atoms. The van der Waals surface area contributed by atoms with Gasteiger partial charge >= 0.3 is 0 Å². The third-order valence-corrected chi connectivity index (χ3v) is 6.64. The van der Waals surface area contributed by atoms with Gasteiger partial charge in [0.25, 0.3) is 5.56 Å². The SMILES string of the molecule is Cc1nnc(-c2ccc(C(=O)C(C#N)c3nc4sc5c(c4c(=O)[nH]3)CCCC5)cc2)o1. The Labute approximate surface area is 180 Å². The molecule has 0 bridgehead atoms. The maximum atomic E-state index is 13.0. The van der Waals surface area contributed by atoms with E-state index in [-0.39, 0.29) is 11.4 Å². The standard InChI is InChI=1S/C22H17N5O3S/c1-11-26-27-21(30-11)13-8-6-12(7-9-13)18(28)15(10-23)19-24-20(29)17-14-4-2-3-5-16(14)31-22(17)25-19/h6-9,15H,2-5H2,1H3,(H,24,25,29). The molecule has 0 amide bonds. The second-order valence-electron chi connectivity index (χ2n) is 7.47. The summed E-state index contributed by atoms with van der Waals surface area (Å²) in [6, 6.07) is 8.56. The van der Waals surface area contributed by atoms with Gasteiger partial charge in [-0.2, -0.15) is 5.26 Å². The van der Waals surface area contributed by atoms with Crippen LogP contribution in [0.5, 0.6) is 0 Å². The molecule has 3 heterocycles. The molecule has 31 heavy (non-hydrogen) atoms. The summed E-state index contributed by atoms with van der Waals surface area (Å²) >= 11 is 1.49. The van der Waals surface area contributed by atoms with Gasteiger partial charge in [-0.25, -0.2) is 4.98 Å². The monoisotopic (exact) mass is 431 g/mol. The molecule has 0 saturated heterocycles. The number of ketones is 1. The van der Waals surface area contributed by atoms with Crippen LogP contribution in [0, 0.1) is 18.3 Å². The quantitative estimate of drug-likeness (QED) is 0.488. The van der Waals surface area contributed by atoms with Crippen LogP contribution in [0.25, 0.3) is 21.7 Å². The van der Waals surface area contributed by atoms with E-state index in [9.17, 15) is 14.9 Å². The minimum Gasteiger partial charge on any atom is -0.421 e. The van der Waals surface area contributed by atoms with Crippen LogP contribution in [0.3, 0.4) is 0 Å². The van der Waals surface area contributed by atoms with E-state index >= 15 is 0 Å². The molecule has 1 N–H and O–H groups in total. The van der Waals surface area contributed by atoms with E-state index in [0.717, 1.165) is 31.2 Å². The van der Waals surface area contributed by atoms with E-state index in [1.165, 1.54) is 16.2 Å². The highest BCUT2D eigenvalue weighted by Gasteiger charge is 2.27. The number of nitriles is 1. The summed E-state index contributed by atoms with van der Waals surface area (Å²) in [6.07, 6.45) is 3.96. The second kappa shape index (κ2) is 7.56. The third-order valence-electron chi connectivity index (χ3n) is 5.45. The molecule has 0 fully saturated rings. The van der Waals surface area contributed by atoms with E-state index in [4.69, 9.17) is 4.42 Å². The number of fused-ring (bicyclic) bond motifs is 3. The Bertz CT molecular complexity index is 1410. The fraction of sp³-hybridized carbons (Fsp3) is 0.273. The second-order valence-corrected chi connectivity index (χ2v) is 8.56. The predicted molar refractivity (Wildman–Crippen MR) is 114 cm³/mol. The van der Waals surface area contributed by atoms with Crippen LogP contribution >= 0.6 is 11.3 Å². The Morgan fingerprint density at radius 2 is 2.00 bits per heavy atom. The third kappa shape index (κ3) is 3.35. The lowest BCUT2D eigenvalue weighted by Gasteiger charge is -2.10. The molecule has 1 unspecified atom stereocenters. The molecule has 8 nitrogen and oxygen atoms in total. The van der Waals surface area contributed by atoms with Crippen molar-refractivity contribution in [2.45, 2.75) is 38.5 Å². The van der Waals surface area contributed by atoms with Crippen molar-refractivity contribution in [3.05, 3.63) is 62.3 Å². The Morgan fingerprint density at radius 1 is 1.23 bits per heavy atom. The van der Waals surface area contributed by atoms with Crippen molar-refractivity contribution < 1.29 is 9.21 Å². The topological polar surface area (TPSA) is 126 Å². The number of nitrogens with zero attached hydrogens (tertiary/aromatic N) is 4. The molecule has 9 heteroatoms. The number of Topliss-reactive ketones (excluding diaryl/α,β-unsaturated/α-hetero) is 1. The van der Waals surface area contributed by atoms with E-state index < -0.39 is 11.7 Å². The van der Waals surface area contributed by atoms with Gasteiger partial charge in [0.2, 0.25) is 11.8 Å². The number of hydrogen-bond acceptors (Lipinski definition) is 8. The predicted octanol–water partition coefficient (Wildman–Crippen LogP) is 3.71. The zero-order valence-electron chi connectivity index (χ0n) is 16.6. The average molecular weight is 431 g/mol. The number of benzene rings is 1. The smallest absolute Gasteiger partial charge is 0.259 e. The Balaban J connectivity index is 1.49. The molecular weight excluding hydrogens is 414 g/mol. The van der Waals surface area contributed by atoms with E-state index in [1.54, 1.807) is 31.2 Å². The molecule has 1 aliphatic rings. The summed E-state index contributed by atoms with van der Waals surface area (Å²) in [7, 11) is 0. The maximum Gasteiger partial charge on any atom is 0.259 e. The lowest BCUT2D eigenvalue weighted by atomic mass is 9.96. The largest absolute Gasteiger partial charge is 0.421 e. The number of aromatic amines is 1. The summed E-state index contributed by atoms with van der Waals surface area (Å²) in [5.41, 5.74) is 1.79. The molecule has 0 aliphatic heterocycles. The van der Waals surface area contributed by atoms with Crippen molar-refractivity contribution in [3.8, 4) is 17.5 Å². The average Bonchev–Trinajstić information content (AvgIpc) is 3.38. The summed E-state index contributed by atoms with van der Waals surface area (Å²) in [6.45, 7) is 1.69. The highest BCUT2D eigenvalue weighted by atomic mass is 32.1. The summed E-state index contributed by atoms with van der Waals surface area (Å²) in [5, 5.41) is 18.1. The number of aromatic nitrogens is 4. The van der Waals surface area contributed by atoms with Crippen LogP contribution in [-0.2, 0) is 12.8 Å². The molecule has 1 aromatic carbocycles. The molecule has 1 aliphatic carbocycles. The molecule has 5 rings (SSSR count). The normalized spacial score (nSPS) is 14.2. The number of aryl methyl sites for hydroxylation is 3. The molecule has 4 aromatic rings. The summed E-state index contributed by atoms with van der Waals surface area (Å²) in [4.78, 5) is 34.8. The van der Waals surface area contributed by atoms with Crippen LogP contribution in [-0.4, -0.2) is 25.9 Å². The molecule has 3 aromatic heterocycles. The first-order valence-electron chi connectivity index (χ1n) is 9.94. The van der Waals surface area contributed by atoms with Gasteiger partial charge in [-0.05, 0) is 43.4 Å². The van der Waals surface area contributed by atoms with Crippen LogP contribution in [0.1, 0.15) is 51.3 Å². The Kier molecular flexibility index (Phi) is 4.71. The number of rotatable bonds is 4. The van der Waals surface area contributed by atoms with Gasteiger partial charge in [-0.3, -0.25) is 9.59 Å². The van der Waals surface area contributed by atoms with E-state index in [1.807, 2.05) is 6.07 Å². The fourth-order valence-corrected chi connectivity index (χ4v) is 5.19. The number of thiophene rings is 1. The Morgan fingerprint density at radius 3 is 2.71 bits per heavy atom. The molecule has 1 atom stereocenters. The van der Waals surface area contributed by atoms with Crippen LogP contribution in [0.2, 0.25) is 0 Å². The number of carbonyl (C=O) groups excluding carboxylic acids is 1. The fourth-order valence-electron chi connectivity index (χ4n) is 3.92. The highest BCUT2D eigenvalue weighted by molar-refractivity contribution is 7.18. The zero-order chi connectivity index (χ0) is 21.5. The van der Waals surface area contributed by atoms with Gasteiger partial charge in [0, 0.05) is 22.9 Å². The van der Waals surface area contributed by atoms with Gasteiger partial charge in [0.1, 0.15) is 10.7 Å². The Hall–Kier alpha value is -3.64. The van der Waals surface area contributed by atoms with E-state index in [0.29, 0.717) is 33.1 Å². The van der Waals surface area contributed by atoms with Gasteiger partial charge in [-0.1, -0.05) is 12.1 Å². The number of H-pyrrole nitrogens is 1. The van der Waals surface area contributed by atoms with Crippen molar-refractivity contribution in [2.24, 2.45) is 0 Å². The molecule has 154 valence electrons. The number of carbonyl (C=O) groups is 1. The van der Waals surface area contributed by atoms with Crippen molar-refractivity contribution in [2.75, 3.05) is 0 Å². The van der Waals surface area contributed by atoms with Crippen LogP contribution in [0.4, 0.5) is 0 Å². The van der Waals surface area contributed by atoms with Gasteiger partial charge in [0.05, 0.1) is 11.5 Å². The van der Waals surface area contributed by atoms with Crippen molar-refractivity contribution in [1.82, 2.24) is 20.2 Å². The first kappa shape index (κ1) is 19.3. The highest BCUT2D eigenvalue weighted by Crippen LogP contribution is 2.34. The van der Waals surface area contributed by atoms with E-state index in [2.05, 4.69) is 20.2 Å². The summed E-state index contributed by atoms with van der Waals surface area (Å²) < 4.78 is 5.39. The molecular formula is C22H17N5O3S. The lowest BCUT2D eigenvalue weighted by molar-refractivity contribution is 0.0976. The number of hydrogen-bond donors (Lipinski definition) is 1. The van der Waals surface area contributed by atoms with Crippen molar-refractivity contribution in [1.29, 1.82) is 5.26 Å². The minimum atomic E-state index is -1.20. The number of nitrogens with one attached hydrogen (secondary N) is 1. The van der Waals surface area contributed by atoms with Crippen LogP contribution < -0.4 is 5.56 Å². The van der Waals surface area contributed by atoms with Gasteiger partial charge in [0.15, 0.2) is 11.7 Å². The maximum absolute atomic E-state index is 13.0. The summed E-state index contributed by atoms with van der Waals surface area (Å²) in [5.74, 6) is -0.751. The first-order valence-corrected chi connectivity index (χ1v) is 10.8. The van der Waals surface area contributed by atoms with Gasteiger partial charge < -0.3 is 9.40 Å².